The van der Waals surface area contributed by atoms with Gasteiger partial charge in [-0.25, -0.2) is 0 Å². The zero-order valence-corrected chi connectivity index (χ0v) is 19.3. The average Bonchev–Trinajstić information content (AvgIpc) is 2.40. The van der Waals surface area contributed by atoms with E-state index in [1.807, 2.05) is 12.1 Å². The zero-order valence-electron chi connectivity index (χ0n) is 13.0. The molecule has 0 aliphatic heterocycles. The fourth-order valence-electron chi connectivity index (χ4n) is 1.20. The van der Waals surface area contributed by atoms with Crippen molar-refractivity contribution in [3.63, 3.8) is 0 Å². The first-order valence-corrected chi connectivity index (χ1v) is 5.77. The molecule has 0 bridgehead atoms. The number of ether oxygens (including phenoxy) is 2. The van der Waals surface area contributed by atoms with Crippen LogP contribution in [0.3, 0.4) is 0 Å². The third-order valence-corrected chi connectivity index (χ3v) is 2.07. The molecule has 7 nitrogen and oxygen atoms in total. The molecule has 9 heteroatoms. The van der Waals surface area contributed by atoms with Crippen LogP contribution in [-0.2, 0) is 16.0 Å². The van der Waals surface area contributed by atoms with E-state index in [9.17, 15) is 4.79 Å². The van der Waals surface area contributed by atoms with E-state index in [0.717, 1.165) is 11.3 Å². The maximum Gasteiger partial charge on any atom is 1.00 e. The molecule has 0 saturated carbocycles. The van der Waals surface area contributed by atoms with Gasteiger partial charge in [-0.2, -0.15) is 0 Å². The quantitative estimate of drug-likeness (QED) is 0.303. The van der Waals surface area contributed by atoms with Crippen molar-refractivity contribution in [2.24, 2.45) is 0 Å². The summed E-state index contributed by atoms with van der Waals surface area (Å²) in [4.78, 5) is 19.3. The molecular weight excluding hydrogens is 346 g/mol. The van der Waals surface area contributed by atoms with Crippen molar-refractivity contribution in [1.82, 2.24) is 0 Å². The molecule has 0 saturated heterocycles. The number of aliphatic hydroxyl groups excluding tert-OH is 1. The summed E-state index contributed by atoms with van der Waals surface area (Å²) in [6.07, 6.45) is -1.45. The van der Waals surface area contributed by atoms with E-state index >= 15 is 0 Å². The van der Waals surface area contributed by atoms with E-state index in [0.29, 0.717) is 13.0 Å². The Morgan fingerprint density at radius 1 is 1.14 bits per heavy atom. The van der Waals surface area contributed by atoms with Gasteiger partial charge in [0.05, 0.1) is 20.1 Å². The summed E-state index contributed by atoms with van der Waals surface area (Å²) in [7, 11) is 1.37. The molecule has 1 aromatic carbocycles. The topological polar surface area (TPSA) is 119 Å². The van der Waals surface area contributed by atoms with Crippen LogP contribution in [0.4, 0.5) is 4.79 Å². The smallest absolute Gasteiger partial charge is 0.652 e. The molecule has 0 unspecified atom stereocenters. The van der Waals surface area contributed by atoms with Crippen LogP contribution in [0.1, 0.15) is 12.0 Å². The Hall–Kier alpha value is 0.993. The molecule has 0 aliphatic carbocycles. The number of carboxylic acid groups (broad SMARTS) is 2. The van der Waals surface area contributed by atoms with E-state index < -0.39 is 6.16 Å². The molecule has 22 heavy (non-hydrogen) atoms. The molecule has 1 rings (SSSR count). The molecule has 0 heterocycles. The first-order valence-electron chi connectivity index (χ1n) is 5.77. The second-order valence-electron chi connectivity index (χ2n) is 3.57. The summed E-state index contributed by atoms with van der Waals surface area (Å²) in [5.74, 6) is 0.482. The van der Waals surface area contributed by atoms with E-state index in [1.165, 1.54) is 7.11 Å². The van der Waals surface area contributed by atoms with Crippen LogP contribution in [0.2, 0.25) is 0 Å². The monoisotopic (exact) mass is 362 g/mol. The van der Waals surface area contributed by atoms with Gasteiger partial charge in [-0.05, 0) is 23.9 Å². The summed E-state index contributed by atoms with van der Waals surface area (Å²) in [5, 5.41) is 25.2. The third kappa shape index (κ3) is 17.3. The number of methoxy groups -OCH3 is 1. The molecule has 0 radical (unpaired) electrons. The molecule has 0 fully saturated rings. The Balaban J connectivity index is -0.000000538. The fourth-order valence-corrected chi connectivity index (χ4v) is 1.20. The standard InChI is InChI=1S/C12H16O4.CH2O3.2K/c1-15-12(14)9-10-3-5-11(6-4-10)16-8-2-7-13;2-1(3)4;;/h3-6,13H,2,7-9H2,1H3;(H2,2,3,4);;/q;;2*+1/p-2. The number of hydrogen-bond acceptors (Lipinski definition) is 7. The van der Waals surface area contributed by atoms with Crippen LogP contribution < -0.4 is 118 Å². The van der Waals surface area contributed by atoms with Crippen molar-refractivity contribution in [3.8, 4) is 5.75 Å². The Bertz CT molecular complexity index is 405. The number of rotatable bonds is 6. The van der Waals surface area contributed by atoms with Crippen molar-refractivity contribution in [1.29, 1.82) is 0 Å². The molecule has 0 aliphatic rings. The SMILES string of the molecule is COC(=O)Cc1ccc(OCCCO)cc1.O=C([O-])[O-].[K+].[K+]. The van der Waals surface area contributed by atoms with E-state index in [2.05, 4.69) is 4.74 Å². The average molecular weight is 362 g/mol. The predicted octanol–water partition coefficient (Wildman–Crippen LogP) is -7.28. The van der Waals surface area contributed by atoms with E-state index in [4.69, 9.17) is 24.9 Å². The van der Waals surface area contributed by atoms with Gasteiger partial charge in [-0.3, -0.25) is 4.79 Å². The Morgan fingerprint density at radius 3 is 2.05 bits per heavy atom. The van der Waals surface area contributed by atoms with Crippen LogP contribution in [0, 0.1) is 0 Å². The normalized spacial score (nSPS) is 8.27. The van der Waals surface area contributed by atoms with Crippen LogP contribution in [0.5, 0.6) is 5.75 Å². The zero-order chi connectivity index (χ0) is 15.4. The number of esters is 1. The number of hydrogen-bond donors (Lipinski definition) is 1. The van der Waals surface area contributed by atoms with Gasteiger partial charge in [0.25, 0.3) is 0 Å². The molecule has 1 aromatic rings. The van der Waals surface area contributed by atoms with Crippen LogP contribution in [0.15, 0.2) is 24.3 Å². The minimum absolute atomic E-state index is 0. The number of aliphatic hydroxyl groups is 1. The van der Waals surface area contributed by atoms with E-state index in [1.54, 1.807) is 12.1 Å². The summed E-state index contributed by atoms with van der Waals surface area (Å²) >= 11 is 0. The van der Waals surface area contributed by atoms with Gasteiger partial charge < -0.3 is 29.6 Å². The molecular formula is C13H16K2O7. The minimum atomic E-state index is -2.33. The number of carbonyl (C=O) groups excluding carboxylic acids is 2. The summed E-state index contributed by atoms with van der Waals surface area (Å²) in [5.41, 5.74) is 0.890. The van der Waals surface area contributed by atoms with E-state index in [-0.39, 0.29) is 122 Å². The van der Waals surface area contributed by atoms with Crippen molar-refractivity contribution >= 4 is 12.1 Å². The second kappa shape index (κ2) is 18.3. The summed E-state index contributed by atoms with van der Waals surface area (Å²) in [6, 6.07) is 7.25. The molecule has 0 atom stereocenters. The molecule has 0 amide bonds. The minimum Gasteiger partial charge on any atom is -0.652 e. The van der Waals surface area contributed by atoms with Gasteiger partial charge in [-0.15, -0.1) is 0 Å². The molecule has 0 aromatic heterocycles. The van der Waals surface area contributed by atoms with Gasteiger partial charge in [0.15, 0.2) is 0 Å². The fraction of sp³-hybridized carbons (Fsp3) is 0.385. The van der Waals surface area contributed by atoms with Crippen molar-refractivity contribution in [3.05, 3.63) is 29.8 Å². The Labute approximate surface area is 214 Å². The predicted molar refractivity (Wildman–Crippen MR) is 64.8 cm³/mol. The van der Waals surface area contributed by atoms with Crippen LogP contribution in [-0.4, -0.2) is 37.6 Å². The largest absolute Gasteiger partial charge is 1.00 e. The first kappa shape index (κ1) is 27.8. The van der Waals surface area contributed by atoms with Crippen molar-refractivity contribution in [2.45, 2.75) is 12.8 Å². The van der Waals surface area contributed by atoms with Crippen molar-refractivity contribution < 1.29 is 137 Å². The van der Waals surface area contributed by atoms with Gasteiger partial charge in [0.1, 0.15) is 5.75 Å². The van der Waals surface area contributed by atoms with Gasteiger partial charge in [0, 0.05) is 13.0 Å². The Kier molecular flexibility index (Phi) is 23.2. The molecule has 0 spiro atoms. The second-order valence-corrected chi connectivity index (χ2v) is 3.57. The van der Waals surface area contributed by atoms with Crippen LogP contribution >= 0.6 is 0 Å². The number of benzene rings is 1. The van der Waals surface area contributed by atoms with Gasteiger partial charge >= 0.3 is 109 Å². The summed E-state index contributed by atoms with van der Waals surface area (Å²) < 4.78 is 9.92. The Morgan fingerprint density at radius 2 is 1.64 bits per heavy atom. The van der Waals surface area contributed by atoms with Gasteiger partial charge in [0.2, 0.25) is 0 Å². The maximum atomic E-state index is 11.0. The van der Waals surface area contributed by atoms with Crippen LogP contribution in [0.25, 0.3) is 0 Å². The number of carbonyl (C=O) groups is 2. The molecule has 1 N–H and O–H groups in total. The van der Waals surface area contributed by atoms with Gasteiger partial charge in [-0.1, -0.05) is 12.1 Å². The third-order valence-electron chi connectivity index (χ3n) is 2.07. The summed E-state index contributed by atoms with van der Waals surface area (Å²) in [6.45, 7) is 0.618. The first-order chi connectivity index (χ1) is 9.49. The van der Waals surface area contributed by atoms with Crippen molar-refractivity contribution in [2.75, 3.05) is 20.3 Å². The maximum absolute atomic E-state index is 11.0. The molecule has 112 valence electrons.